The zero-order chi connectivity index (χ0) is 9.10. The van der Waals surface area contributed by atoms with Crippen LogP contribution in [-0.4, -0.2) is 11.5 Å². The number of pyridine rings is 1. The van der Waals surface area contributed by atoms with E-state index < -0.39 is 0 Å². The average Bonchev–Trinajstić information content (AvgIpc) is 2.05. The number of halogens is 1. The summed E-state index contributed by atoms with van der Waals surface area (Å²) in [6.45, 7) is 1.10. The second-order valence-corrected chi connectivity index (χ2v) is 4.36. The highest BCUT2D eigenvalue weighted by atomic mass is 79.9. The first-order valence-electron chi connectivity index (χ1n) is 4.70. The van der Waals surface area contributed by atoms with Crippen LogP contribution in [-0.2, 0) is 0 Å². The summed E-state index contributed by atoms with van der Waals surface area (Å²) in [7, 11) is 0. The monoisotopic (exact) mass is 240 g/mol. The van der Waals surface area contributed by atoms with Gasteiger partial charge in [0.15, 0.2) is 0 Å². The molecule has 0 aliphatic heterocycles. The van der Waals surface area contributed by atoms with E-state index in [0.717, 1.165) is 22.8 Å². The van der Waals surface area contributed by atoms with Gasteiger partial charge in [-0.3, -0.25) is 0 Å². The van der Waals surface area contributed by atoms with E-state index in [1.165, 1.54) is 19.3 Å². The van der Waals surface area contributed by atoms with Crippen molar-refractivity contribution < 1.29 is 0 Å². The summed E-state index contributed by atoms with van der Waals surface area (Å²) in [5.41, 5.74) is 1.12. The SMILES string of the molecule is Brc1ccc(NCC2CCC2)cn1. The summed E-state index contributed by atoms with van der Waals surface area (Å²) in [5, 5.41) is 3.39. The third-order valence-electron chi connectivity index (χ3n) is 2.55. The van der Waals surface area contributed by atoms with Crippen LogP contribution in [0.4, 0.5) is 5.69 Å². The Kier molecular flexibility index (Phi) is 2.83. The molecule has 70 valence electrons. The van der Waals surface area contributed by atoms with E-state index in [1.54, 1.807) is 0 Å². The largest absolute Gasteiger partial charge is 0.384 e. The highest BCUT2D eigenvalue weighted by molar-refractivity contribution is 9.10. The molecule has 1 fully saturated rings. The highest BCUT2D eigenvalue weighted by Crippen LogP contribution is 2.26. The van der Waals surface area contributed by atoms with Crippen LogP contribution in [0.25, 0.3) is 0 Å². The number of nitrogens with one attached hydrogen (secondary N) is 1. The second-order valence-electron chi connectivity index (χ2n) is 3.55. The number of hydrogen-bond donors (Lipinski definition) is 1. The van der Waals surface area contributed by atoms with Crippen molar-refractivity contribution in [1.82, 2.24) is 4.98 Å². The molecule has 1 aromatic rings. The van der Waals surface area contributed by atoms with Crippen molar-refractivity contribution in [2.75, 3.05) is 11.9 Å². The Bertz CT molecular complexity index is 267. The summed E-state index contributed by atoms with van der Waals surface area (Å²) in [5.74, 6) is 0.892. The van der Waals surface area contributed by atoms with Crippen LogP contribution in [0.3, 0.4) is 0 Å². The molecule has 1 N–H and O–H groups in total. The van der Waals surface area contributed by atoms with Crippen molar-refractivity contribution in [3.05, 3.63) is 22.9 Å². The lowest BCUT2D eigenvalue weighted by atomic mass is 9.85. The molecule has 2 nitrogen and oxygen atoms in total. The summed E-state index contributed by atoms with van der Waals surface area (Å²) >= 11 is 3.31. The standard InChI is InChI=1S/C10H13BrN2/c11-10-5-4-9(7-13-10)12-6-8-2-1-3-8/h4-5,7-8,12H,1-3,6H2. The first-order valence-corrected chi connectivity index (χ1v) is 5.49. The lowest BCUT2D eigenvalue weighted by Gasteiger charge is -2.25. The molecule has 1 heterocycles. The molecule has 1 aliphatic carbocycles. The molecule has 0 saturated heterocycles. The zero-order valence-corrected chi connectivity index (χ0v) is 9.05. The molecule has 13 heavy (non-hydrogen) atoms. The quantitative estimate of drug-likeness (QED) is 0.822. The lowest BCUT2D eigenvalue weighted by Crippen LogP contribution is -2.20. The van der Waals surface area contributed by atoms with Crippen molar-refractivity contribution in [2.45, 2.75) is 19.3 Å². The molecule has 0 amide bonds. The number of nitrogens with zero attached hydrogens (tertiary/aromatic N) is 1. The summed E-state index contributed by atoms with van der Waals surface area (Å²) < 4.78 is 0.890. The van der Waals surface area contributed by atoms with Gasteiger partial charge in [-0.2, -0.15) is 0 Å². The molecule has 0 unspecified atom stereocenters. The van der Waals surface area contributed by atoms with E-state index in [-0.39, 0.29) is 0 Å². The lowest BCUT2D eigenvalue weighted by molar-refractivity contribution is 0.333. The Labute approximate surface area is 86.9 Å². The van der Waals surface area contributed by atoms with Gasteiger partial charge in [-0.1, -0.05) is 6.42 Å². The predicted molar refractivity (Wildman–Crippen MR) is 57.8 cm³/mol. The number of anilines is 1. The van der Waals surface area contributed by atoms with Crippen LogP contribution >= 0.6 is 15.9 Å². The third-order valence-corrected chi connectivity index (χ3v) is 3.02. The minimum Gasteiger partial charge on any atom is -0.384 e. The smallest absolute Gasteiger partial charge is 0.106 e. The van der Waals surface area contributed by atoms with Gasteiger partial charge < -0.3 is 5.32 Å². The molecule has 1 aliphatic rings. The van der Waals surface area contributed by atoms with Gasteiger partial charge in [-0.05, 0) is 46.8 Å². The average molecular weight is 241 g/mol. The Hall–Kier alpha value is -0.570. The van der Waals surface area contributed by atoms with Gasteiger partial charge in [-0.15, -0.1) is 0 Å². The van der Waals surface area contributed by atoms with Crippen LogP contribution in [0.5, 0.6) is 0 Å². The fourth-order valence-corrected chi connectivity index (χ4v) is 1.67. The Morgan fingerprint density at radius 1 is 1.46 bits per heavy atom. The molecule has 3 heteroatoms. The summed E-state index contributed by atoms with van der Waals surface area (Å²) in [4.78, 5) is 4.16. The second kappa shape index (κ2) is 4.09. The maximum absolute atomic E-state index is 4.16. The molecule has 0 bridgehead atoms. The number of hydrogen-bond acceptors (Lipinski definition) is 2. The molecular weight excluding hydrogens is 228 g/mol. The van der Waals surface area contributed by atoms with E-state index in [1.807, 2.05) is 12.3 Å². The molecule has 0 aromatic carbocycles. The molecule has 0 radical (unpaired) electrons. The third kappa shape index (κ3) is 2.44. The highest BCUT2D eigenvalue weighted by Gasteiger charge is 2.16. The van der Waals surface area contributed by atoms with E-state index in [9.17, 15) is 0 Å². The number of rotatable bonds is 3. The zero-order valence-electron chi connectivity index (χ0n) is 7.46. The minimum atomic E-state index is 0.890. The predicted octanol–water partition coefficient (Wildman–Crippen LogP) is 3.06. The Balaban J connectivity index is 1.83. The molecule has 1 saturated carbocycles. The van der Waals surface area contributed by atoms with Crippen LogP contribution < -0.4 is 5.32 Å². The maximum atomic E-state index is 4.16. The van der Waals surface area contributed by atoms with Crippen LogP contribution in [0.15, 0.2) is 22.9 Å². The topological polar surface area (TPSA) is 24.9 Å². The van der Waals surface area contributed by atoms with E-state index in [0.29, 0.717) is 0 Å². The summed E-state index contributed by atoms with van der Waals surface area (Å²) in [6, 6.07) is 4.01. The van der Waals surface area contributed by atoms with Crippen molar-refractivity contribution in [3.63, 3.8) is 0 Å². The summed E-state index contributed by atoms with van der Waals surface area (Å²) in [6.07, 6.45) is 6.04. The molecule has 2 rings (SSSR count). The van der Waals surface area contributed by atoms with Gasteiger partial charge >= 0.3 is 0 Å². The van der Waals surface area contributed by atoms with Crippen molar-refractivity contribution in [3.8, 4) is 0 Å². The van der Waals surface area contributed by atoms with Gasteiger partial charge in [0.1, 0.15) is 4.60 Å². The van der Waals surface area contributed by atoms with Gasteiger partial charge in [0, 0.05) is 6.54 Å². The van der Waals surface area contributed by atoms with Crippen LogP contribution in [0, 0.1) is 5.92 Å². The van der Waals surface area contributed by atoms with Crippen molar-refractivity contribution in [1.29, 1.82) is 0 Å². The normalized spacial score (nSPS) is 16.7. The van der Waals surface area contributed by atoms with Gasteiger partial charge in [0.2, 0.25) is 0 Å². The first kappa shape index (κ1) is 9.00. The van der Waals surface area contributed by atoms with Crippen molar-refractivity contribution in [2.24, 2.45) is 5.92 Å². The van der Waals surface area contributed by atoms with Crippen LogP contribution in [0.2, 0.25) is 0 Å². The minimum absolute atomic E-state index is 0.890. The van der Waals surface area contributed by atoms with E-state index in [2.05, 4.69) is 32.3 Å². The number of aromatic nitrogens is 1. The van der Waals surface area contributed by atoms with E-state index in [4.69, 9.17) is 0 Å². The van der Waals surface area contributed by atoms with Gasteiger partial charge in [0.25, 0.3) is 0 Å². The molecule has 0 spiro atoms. The van der Waals surface area contributed by atoms with Crippen LogP contribution in [0.1, 0.15) is 19.3 Å². The Morgan fingerprint density at radius 2 is 2.31 bits per heavy atom. The van der Waals surface area contributed by atoms with Gasteiger partial charge in [-0.25, -0.2) is 4.98 Å². The fraction of sp³-hybridized carbons (Fsp3) is 0.500. The Morgan fingerprint density at radius 3 is 2.85 bits per heavy atom. The van der Waals surface area contributed by atoms with E-state index >= 15 is 0 Å². The van der Waals surface area contributed by atoms with Gasteiger partial charge in [0.05, 0.1) is 11.9 Å². The molecule has 0 atom stereocenters. The fourth-order valence-electron chi connectivity index (χ4n) is 1.44. The molecule has 1 aromatic heterocycles. The van der Waals surface area contributed by atoms with Crippen molar-refractivity contribution >= 4 is 21.6 Å². The maximum Gasteiger partial charge on any atom is 0.106 e. The first-order chi connectivity index (χ1) is 6.34. The molecular formula is C10H13BrN2.